The zero-order valence-electron chi connectivity index (χ0n) is 9.35. The average Bonchev–Trinajstić information content (AvgIpc) is 2.85. The number of aromatic nitrogens is 3. The van der Waals surface area contributed by atoms with Gasteiger partial charge in [0.15, 0.2) is 0 Å². The Morgan fingerprint density at radius 3 is 3.06 bits per heavy atom. The van der Waals surface area contributed by atoms with Crippen LogP contribution in [0.1, 0.15) is 16.2 Å². The molecule has 7 heteroatoms. The second kappa shape index (κ2) is 5.26. The fourth-order valence-corrected chi connectivity index (χ4v) is 1.43. The Morgan fingerprint density at radius 1 is 1.50 bits per heavy atom. The summed E-state index contributed by atoms with van der Waals surface area (Å²) < 4.78 is 12.9. The van der Waals surface area contributed by atoms with Crippen molar-refractivity contribution < 1.29 is 14.3 Å². The molecule has 0 aliphatic rings. The first-order valence-corrected chi connectivity index (χ1v) is 5.28. The number of carbonyl (C=O) groups excluding carboxylic acids is 1. The number of benzene rings is 1. The van der Waals surface area contributed by atoms with Crippen molar-refractivity contribution in [2.75, 3.05) is 6.54 Å². The van der Waals surface area contributed by atoms with Gasteiger partial charge < -0.3 is 10.4 Å². The highest BCUT2D eigenvalue weighted by Gasteiger charge is 2.11. The number of phenolic OH excluding ortho intramolecular Hbond substituents is 1. The summed E-state index contributed by atoms with van der Waals surface area (Å²) in [6.45, 7) is 0.310. The number of phenols is 1. The Balaban J connectivity index is 1.93. The van der Waals surface area contributed by atoms with Crippen LogP contribution in [-0.4, -0.2) is 32.7 Å². The zero-order chi connectivity index (χ0) is 13.0. The van der Waals surface area contributed by atoms with E-state index in [0.717, 1.165) is 18.2 Å². The maximum Gasteiger partial charge on any atom is 0.255 e. The molecule has 0 unspecified atom stereocenters. The van der Waals surface area contributed by atoms with Gasteiger partial charge in [-0.3, -0.25) is 9.89 Å². The molecular weight excluding hydrogens is 239 g/mol. The largest absolute Gasteiger partial charge is 0.507 e. The monoisotopic (exact) mass is 250 g/mol. The minimum atomic E-state index is -0.576. The fraction of sp³-hybridized carbons (Fsp3) is 0.182. The van der Waals surface area contributed by atoms with Crippen LogP contribution in [0.15, 0.2) is 24.5 Å². The van der Waals surface area contributed by atoms with Crippen molar-refractivity contribution in [3.63, 3.8) is 0 Å². The molecule has 1 heterocycles. The van der Waals surface area contributed by atoms with Crippen LogP contribution in [0, 0.1) is 5.82 Å². The number of nitrogens with one attached hydrogen (secondary N) is 2. The van der Waals surface area contributed by atoms with Gasteiger partial charge in [0.2, 0.25) is 0 Å². The number of halogens is 1. The third kappa shape index (κ3) is 2.82. The number of nitrogens with zero attached hydrogens (tertiary/aromatic N) is 2. The molecule has 0 aliphatic heterocycles. The lowest BCUT2D eigenvalue weighted by atomic mass is 10.2. The third-order valence-electron chi connectivity index (χ3n) is 2.32. The van der Waals surface area contributed by atoms with Crippen LogP contribution in [0.3, 0.4) is 0 Å². The molecule has 0 atom stereocenters. The van der Waals surface area contributed by atoms with E-state index in [1.54, 1.807) is 0 Å². The Hall–Kier alpha value is -2.44. The molecule has 18 heavy (non-hydrogen) atoms. The van der Waals surface area contributed by atoms with Gasteiger partial charge in [0.25, 0.3) is 5.91 Å². The van der Waals surface area contributed by atoms with Crippen LogP contribution in [0.25, 0.3) is 0 Å². The highest BCUT2D eigenvalue weighted by atomic mass is 19.1. The van der Waals surface area contributed by atoms with Crippen molar-refractivity contribution >= 4 is 5.91 Å². The number of amides is 1. The van der Waals surface area contributed by atoms with Gasteiger partial charge in [0, 0.05) is 13.0 Å². The minimum absolute atomic E-state index is 0.0902. The second-order valence-electron chi connectivity index (χ2n) is 3.60. The van der Waals surface area contributed by atoms with Crippen molar-refractivity contribution in [3.05, 3.63) is 41.7 Å². The van der Waals surface area contributed by atoms with E-state index in [-0.39, 0.29) is 11.3 Å². The molecule has 1 aromatic carbocycles. The first-order valence-electron chi connectivity index (χ1n) is 5.28. The van der Waals surface area contributed by atoms with E-state index >= 15 is 0 Å². The molecule has 1 aromatic heterocycles. The fourth-order valence-electron chi connectivity index (χ4n) is 1.43. The number of hydrogen-bond donors (Lipinski definition) is 3. The number of carbonyl (C=O) groups is 1. The smallest absolute Gasteiger partial charge is 0.255 e. The lowest BCUT2D eigenvalue weighted by molar-refractivity contribution is 0.0951. The first kappa shape index (κ1) is 12.0. The van der Waals surface area contributed by atoms with E-state index in [2.05, 4.69) is 20.5 Å². The molecule has 0 spiro atoms. The summed E-state index contributed by atoms with van der Waals surface area (Å²) in [6.07, 6.45) is 1.84. The van der Waals surface area contributed by atoms with Crippen molar-refractivity contribution in [2.45, 2.75) is 6.42 Å². The van der Waals surface area contributed by atoms with Gasteiger partial charge in [-0.15, -0.1) is 0 Å². The lowest BCUT2D eigenvalue weighted by Crippen LogP contribution is -2.26. The average molecular weight is 250 g/mol. The van der Waals surface area contributed by atoms with Crippen LogP contribution in [-0.2, 0) is 6.42 Å². The number of hydrogen-bond acceptors (Lipinski definition) is 4. The molecule has 0 radical (unpaired) electrons. The molecule has 0 saturated heterocycles. The second-order valence-corrected chi connectivity index (χ2v) is 3.60. The molecule has 94 valence electrons. The van der Waals surface area contributed by atoms with Crippen molar-refractivity contribution in [2.24, 2.45) is 0 Å². The van der Waals surface area contributed by atoms with Gasteiger partial charge >= 0.3 is 0 Å². The van der Waals surface area contributed by atoms with Crippen LogP contribution in [0.5, 0.6) is 5.75 Å². The van der Waals surface area contributed by atoms with Crippen LogP contribution < -0.4 is 5.32 Å². The predicted molar refractivity (Wildman–Crippen MR) is 60.5 cm³/mol. The molecule has 0 aliphatic carbocycles. The molecule has 0 fully saturated rings. The summed E-state index contributed by atoms with van der Waals surface area (Å²) in [4.78, 5) is 15.6. The molecule has 1 amide bonds. The van der Waals surface area contributed by atoms with E-state index in [9.17, 15) is 14.3 Å². The molecule has 2 aromatic rings. The number of H-pyrrole nitrogens is 1. The summed E-state index contributed by atoms with van der Waals surface area (Å²) in [5.41, 5.74) is -0.0902. The Bertz CT molecular complexity index is 542. The molecule has 2 rings (SSSR count). The molecule has 0 saturated carbocycles. The maximum atomic E-state index is 12.9. The first-order chi connectivity index (χ1) is 8.66. The van der Waals surface area contributed by atoms with Gasteiger partial charge in [0.1, 0.15) is 23.7 Å². The summed E-state index contributed by atoms with van der Waals surface area (Å²) in [7, 11) is 0. The number of aromatic amines is 1. The predicted octanol–water partition coefficient (Wildman–Crippen LogP) is 0.622. The van der Waals surface area contributed by atoms with Gasteiger partial charge in [0.05, 0.1) is 5.56 Å². The molecule has 0 bridgehead atoms. The van der Waals surface area contributed by atoms with Crippen LogP contribution in [0.4, 0.5) is 4.39 Å². The number of rotatable bonds is 4. The Kier molecular flexibility index (Phi) is 3.52. The van der Waals surface area contributed by atoms with Crippen molar-refractivity contribution in [1.82, 2.24) is 20.5 Å². The summed E-state index contributed by atoms with van der Waals surface area (Å²) in [6, 6.07) is 3.21. The highest BCUT2D eigenvalue weighted by molar-refractivity contribution is 5.96. The van der Waals surface area contributed by atoms with Crippen molar-refractivity contribution in [3.8, 4) is 5.75 Å². The number of aromatic hydroxyl groups is 1. The molecule has 3 N–H and O–H groups in total. The van der Waals surface area contributed by atoms with Gasteiger partial charge in [-0.2, -0.15) is 5.10 Å². The van der Waals surface area contributed by atoms with Crippen molar-refractivity contribution in [1.29, 1.82) is 0 Å². The lowest BCUT2D eigenvalue weighted by Gasteiger charge is -2.05. The van der Waals surface area contributed by atoms with Gasteiger partial charge in [-0.1, -0.05) is 0 Å². The van der Waals surface area contributed by atoms with E-state index in [1.165, 1.54) is 6.33 Å². The Morgan fingerprint density at radius 2 is 2.33 bits per heavy atom. The standard InChI is InChI=1S/C11H11FN4O2/c12-7-1-2-9(17)8(5-7)11(18)13-4-3-10-14-6-15-16-10/h1-2,5-6,17H,3-4H2,(H,13,18)(H,14,15,16). The minimum Gasteiger partial charge on any atom is -0.507 e. The quantitative estimate of drug-likeness (QED) is 0.742. The topological polar surface area (TPSA) is 90.9 Å². The van der Waals surface area contributed by atoms with E-state index in [1.807, 2.05) is 0 Å². The SMILES string of the molecule is O=C(NCCc1ncn[nH]1)c1cc(F)ccc1O. The van der Waals surface area contributed by atoms with Crippen LogP contribution >= 0.6 is 0 Å². The summed E-state index contributed by atoms with van der Waals surface area (Å²) in [5.74, 6) is -0.730. The van der Waals surface area contributed by atoms with E-state index < -0.39 is 11.7 Å². The van der Waals surface area contributed by atoms with Gasteiger partial charge in [-0.25, -0.2) is 9.37 Å². The van der Waals surface area contributed by atoms with E-state index in [4.69, 9.17) is 0 Å². The highest BCUT2D eigenvalue weighted by Crippen LogP contribution is 2.17. The van der Waals surface area contributed by atoms with Crippen LogP contribution in [0.2, 0.25) is 0 Å². The molecular formula is C11H11FN4O2. The Labute approximate surface area is 102 Å². The zero-order valence-corrected chi connectivity index (χ0v) is 9.35. The molecule has 6 nitrogen and oxygen atoms in total. The summed E-state index contributed by atoms with van der Waals surface area (Å²) in [5, 5.41) is 18.3. The normalized spacial score (nSPS) is 10.3. The maximum absolute atomic E-state index is 12.9. The summed E-state index contributed by atoms with van der Waals surface area (Å²) >= 11 is 0. The third-order valence-corrected chi connectivity index (χ3v) is 2.32. The van der Waals surface area contributed by atoms with E-state index in [0.29, 0.717) is 18.8 Å². The van der Waals surface area contributed by atoms with Gasteiger partial charge in [-0.05, 0) is 18.2 Å².